The fraction of sp³-hybridized carbons (Fsp3) is 0.105. The van der Waals surface area contributed by atoms with Crippen LogP contribution in [0.2, 0.25) is 0 Å². The molecule has 0 saturated heterocycles. The van der Waals surface area contributed by atoms with Crippen LogP contribution in [-0.2, 0) is 4.79 Å². The van der Waals surface area contributed by atoms with Crippen LogP contribution in [0.25, 0.3) is 11.1 Å². The molecule has 0 aliphatic heterocycles. The lowest BCUT2D eigenvalue weighted by Crippen LogP contribution is -2.27. The standard InChI is InChI=1S/C19H20N4O/c1-4-17(14-5-7-16(20)8-6-14)18(15-9-11-22-12-10-15)19(21-2)23(3)13-24/h4-13H,1,20H2,2-3H3/b18-17+,21-19?. The highest BCUT2D eigenvalue weighted by atomic mass is 16.1. The molecule has 0 atom stereocenters. The number of nitrogen functional groups attached to an aromatic ring is 1. The molecule has 1 aromatic carbocycles. The Morgan fingerprint density at radius 2 is 1.79 bits per heavy atom. The molecule has 0 bridgehead atoms. The van der Waals surface area contributed by atoms with Gasteiger partial charge in [-0.15, -0.1) is 0 Å². The van der Waals surface area contributed by atoms with Gasteiger partial charge in [0.25, 0.3) is 0 Å². The number of carbonyl (C=O) groups is 1. The molecule has 0 spiro atoms. The third-order valence-corrected chi connectivity index (χ3v) is 3.59. The Kier molecular flexibility index (Phi) is 5.63. The van der Waals surface area contributed by atoms with Crippen molar-refractivity contribution in [3.63, 3.8) is 0 Å². The Morgan fingerprint density at radius 1 is 1.17 bits per heavy atom. The molecule has 0 fully saturated rings. The second kappa shape index (κ2) is 7.87. The average Bonchev–Trinajstić information content (AvgIpc) is 2.63. The lowest BCUT2D eigenvalue weighted by molar-refractivity contribution is -0.113. The van der Waals surface area contributed by atoms with Gasteiger partial charge in [-0.2, -0.15) is 0 Å². The van der Waals surface area contributed by atoms with Gasteiger partial charge in [0, 0.05) is 37.7 Å². The summed E-state index contributed by atoms with van der Waals surface area (Å²) in [6.07, 6.45) is 5.89. The molecular formula is C19H20N4O. The van der Waals surface area contributed by atoms with Gasteiger partial charge in [-0.3, -0.25) is 14.8 Å². The SMILES string of the molecule is C=C/C(=C(\C(=NC)N(C)C=O)c1ccncc1)c1ccc(N)cc1. The zero-order valence-corrected chi connectivity index (χ0v) is 13.8. The molecule has 2 aromatic rings. The molecule has 1 heterocycles. The summed E-state index contributed by atoms with van der Waals surface area (Å²) in [5.41, 5.74) is 9.95. The van der Waals surface area contributed by atoms with Crippen LogP contribution in [0.4, 0.5) is 5.69 Å². The summed E-state index contributed by atoms with van der Waals surface area (Å²) in [6, 6.07) is 11.2. The summed E-state index contributed by atoms with van der Waals surface area (Å²) in [6.45, 7) is 3.94. The fourth-order valence-corrected chi connectivity index (χ4v) is 2.45. The van der Waals surface area contributed by atoms with Crippen molar-refractivity contribution in [3.8, 4) is 0 Å². The lowest BCUT2D eigenvalue weighted by atomic mass is 9.93. The highest BCUT2D eigenvalue weighted by Crippen LogP contribution is 2.29. The fourth-order valence-electron chi connectivity index (χ4n) is 2.45. The average molecular weight is 320 g/mol. The van der Waals surface area contributed by atoms with Gasteiger partial charge < -0.3 is 10.6 Å². The van der Waals surface area contributed by atoms with Gasteiger partial charge in [-0.1, -0.05) is 24.8 Å². The van der Waals surface area contributed by atoms with Gasteiger partial charge in [0.2, 0.25) is 6.41 Å². The molecule has 0 radical (unpaired) electrons. The van der Waals surface area contributed by atoms with Crippen molar-refractivity contribution in [2.24, 2.45) is 4.99 Å². The zero-order valence-electron chi connectivity index (χ0n) is 13.8. The second-order valence-electron chi connectivity index (χ2n) is 5.11. The quantitative estimate of drug-likeness (QED) is 0.303. The maximum Gasteiger partial charge on any atom is 0.215 e. The number of hydrogen-bond donors (Lipinski definition) is 1. The zero-order chi connectivity index (χ0) is 17.5. The monoisotopic (exact) mass is 320 g/mol. The van der Waals surface area contributed by atoms with E-state index >= 15 is 0 Å². The van der Waals surface area contributed by atoms with E-state index in [1.165, 1.54) is 4.90 Å². The summed E-state index contributed by atoms with van der Waals surface area (Å²) in [4.78, 5) is 21.1. The Morgan fingerprint density at radius 3 is 2.29 bits per heavy atom. The molecule has 0 aliphatic rings. The van der Waals surface area contributed by atoms with Crippen LogP contribution in [-0.4, -0.2) is 36.2 Å². The van der Waals surface area contributed by atoms with Crippen molar-refractivity contribution in [3.05, 3.63) is 72.6 Å². The summed E-state index contributed by atoms with van der Waals surface area (Å²) >= 11 is 0. The molecule has 24 heavy (non-hydrogen) atoms. The van der Waals surface area contributed by atoms with E-state index in [0.29, 0.717) is 11.5 Å². The normalized spacial score (nSPS) is 12.3. The van der Waals surface area contributed by atoms with Crippen LogP contribution in [0, 0.1) is 0 Å². The predicted molar refractivity (Wildman–Crippen MR) is 99.3 cm³/mol. The smallest absolute Gasteiger partial charge is 0.215 e. The largest absolute Gasteiger partial charge is 0.399 e. The summed E-state index contributed by atoms with van der Waals surface area (Å²) in [5, 5.41) is 0. The van der Waals surface area contributed by atoms with E-state index in [0.717, 1.165) is 28.7 Å². The van der Waals surface area contributed by atoms with E-state index in [9.17, 15) is 4.79 Å². The number of rotatable bonds is 5. The van der Waals surface area contributed by atoms with E-state index in [1.807, 2.05) is 36.4 Å². The van der Waals surface area contributed by atoms with Crippen molar-refractivity contribution in [2.75, 3.05) is 19.8 Å². The van der Waals surface area contributed by atoms with E-state index in [4.69, 9.17) is 5.73 Å². The summed E-state index contributed by atoms with van der Waals surface area (Å²) < 4.78 is 0. The number of amidine groups is 1. The van der Waals surface area contributed by atoms with Gasteiger partial charge in [0.1, 0.15) is 5.84 Å². The molecule has 2 N–H and O–H groups in total. The molecule has 5 nitrogen and oxygen atoms in total. The molecule has 5 heteroatoms. The van der Waals surface area contributed by atoms with Crippen LogP contribution in [0.1, 0.15) is 11.1 Å². The Balaban J connectivity index is 2.78. The van der Waals surface area contributed by atoms with Gasteiger partial charge in [0.15, 0.2) is 0 Å². The number of nitrogens with zero attached hydrogens (tertiary/aromatic N) is 3. The number of amides is 1. The van der Waals surface area contributed by atoms with Crippen LogP contribution in [0.15, 0.2) is 66.4 Å². The summed E-state index contributed by atoms with van der Waals surface area (Å²) in [7, 11) is 3.32. The first-order valence-corrected chi connectivity index (χ1v) is 7.40. The molecule has 0 aliphatic carbocycles. The van der Waals surface area contributed by atoms with Gasteiger partial charge in [0.05, 0.1) is 0 Å². The molecule has 1 amide bonds. The number of aromatic nitrogens is 1. The number of benzene rings is 1. The van der Waals surface area contributed by atoms with E-state index < -0.39 is 0 Å². The maximum absolute atomic E-state index is 11.3. The van der Waals surface area contributed by atoms with E-state index in [-0.39, 0.29) is 0 Å². The van der Waals surface area contributed by atoms with E-state index in [1.54, 1.807) is 32.6 Å². The number of carbonyl (C=O) groups excluding carboxylic acids is 1. The highest BCUT2D eigenvalue weighted by Gasteiger charge is 2.18. The Hall–Kier alpha value is -3.21. The molecular weight excluding hydrogens is 300 g/mol. The number of hydrogen-bond acceptors (Lipinski definition) is 4. The molecule has 0 unspecified atom stereocenters. The van der Waals surface area contributed by atoms with Gasteiger partial charge >= 0.3 is 0 Å². The molecule has 2 rings (SSSR count). The first-order valence-electron chi connectivity index (χ1n) is 7.40. The first-order chi connectivity index (χ1) is 11.6. The lowest BCUT2D eigenvalue weighted by Gasteiger charge is -2.20. The topological polar surface area (TPSA) is 71.6 Å². The Labute approximate surface area is 141 Å². The first kappa shape index (κ1) is 17.1. The minimum atomic E-state index is 0.544. The third-order valence-electron chi connectivity index (χ3n) is 3.59. The molecule has 1 aromatic heterocycles. The number of nitrogens with two attached hydrogens (primary N) is 1. The minimum Gasteiger partial charge on any atom is -0.399 e. The maximum atomic E-state index is 11.3. The Bertz CT molecular complexity index is 777. The number of pyridine rings is 1. The van der Waals surface area contributed by atoms with Crippen LogP contribution >= 0.6 is 0 Å². The van der Waals surface area contributed by atoms with Crippen LogP contribution < -0.4 is 5.73 Å². The minimum absolute atomic E-state index is 0.544. The van der Waals surface area contributed by atoms with Crippen molar-refractivity contribution < 1.29 is 4.79 Å². The molecule has 122 valence electrons. The van der Waals surface area contributed by atoms with E-state index in [2.05, 4.69) is 16.6 Å². The number of aliphatic imine (C=N–C) groups is 1. The molecule has 0 saturated carbocycles. The van der Waals surface area contributed by atoms with Crippen molar-refractivity contribution in [2.45, 2.75) is 0 Å². The summed E-state index contributed by atoms with van der Waals surface area (Å²) in [5.74, 6) is 0.544. The highest BCUT2D eigenvalue weighted by molar-refractivity contribution is 6.32. The van der Waals surface area contributed by atoms with Crippen LogP contribution in [0.3, 0.4) is 0 Å². The van der Waals surface area contributed by atoms with Gasteiger partial charge in [-0.05, 0) is 41.0 Å². The second-order valence-corrected chi connectivity index (χ2v) is 5.11. The number of likely N-dealkylation sites (N-methyl/N-ethyl adjacent to an activating group) is 1. The van der Waals surface area contributed by atoms with Gasteiger partial charge in [-0.25, -0.2) is 0 Å². The van der Waals surface area contributed by atoms with Crippen molar-refractivity contribution >= 4 is 29.1 Å². The van der Waals surface area contributed by atoms with Crippen molar-refractivity contribution in [1.29, 1.82) is 0 Å². The predicted octanol–water partition coefficient (Wildman–Crippen LogP) is 2.88. The number of anilines is 1. The van der Waals surface area contributed by atoms with Crippen molar-refractivity contribution in [1.82, 2.24) is 9.88 Å². The third kappa shape index (κ3) is 3.57. The van der Waals surface area contributed by atoms with Crippen LogP contribution in [0.5, 0.6) is 0 Å². The number of allylic oxidation sites excluding steroid dienone is 2.